The number of hydrogen-bond donors (Lipinski definition) is 2. The van der Waals surface area contributed by atoms with Crippen LogP contribution in [0.1, 0.15) is 29.1 Å². The summed E-state index contributed by atoms with van der Waals surface area (Å²) in [6.45, 7) is 3.64. The average molecular weight is 478 g/mol. The molecule has 168 valence electrons. The molecule has 1 aromatic carbocycles. The van der Waals surface area contributed by atoms with Crippen LogP contribution in [0.25, 0.3) is 10.2 Å². The molecule has 0 unspecified atom stereocenters. The lowest BCUT2D eigenvalue weighted by Crippen LogP contribution is -2.42. The van der Waals surface area contributed by atoms with Gasteiger partial charge in [-0.25, -0.2) is 4.98 Å². The van der Waals surface area contributed by atoms with E-state index in [4.69, 9.17) is 16.3 Å². The molecule has 0 saturated heterocycles. The molecule has 1 fully saturated rings. The maximum atomic E-state index is 12.2. The summed E-state index contributed by atoms with van der Waals surface area (Å²) < 4.78 is 46.1. The maximum absolute atomic E-state index is 12.2. The van der Waals surface area contributed by atoms with Gasteiger partial charge in [0.1, 0.15) is 6.61 Å². The Kier molecular flexibility index (Phi) is 7.52. The molecule has 1 aromatic heterocycles. The van der Waals surface area contributed by atoms with Gasteiger partial charge in [0, 0.05) is 36.5 Å². The number of benzene rings is 1. The van der Waals surface area contributed by atoms with Crippen LogP contribution >= 0.6 is 22.9 Å². The van der Waals surface area contributed by atoms with E-state index in [0.717, 1.165) is 4.70 Å². The minimum absolute atomic E-state index is 0.0811. The second kappa shape index (κ2) is 9.94. The fraction of sp³-hybridized carbons (Fsp3) is 0.421. The van der Waals surface area contributed by atoms with Gasteiger partial charge in [0.15, 0.2) is 5.01 Å². The molecule has 12 heteroatoms. The smallest absolute Gasteiger partial charge is 0.368 e. The van der Waals surface area contributed by atoms with Crippen LogP contribution in [0.15, 0.2) is 30.5 Å². The molecule has 2 N–H and O–H groups in total. The lowest BCUT2D eigenvalue weighted by atomic mass is 9.92. The second-order valence-corrected chi connectivity index (χ2v) is 8.35. The zero-order valence-electron chi connectivity index (χ0n) is 16.1. The molecular formula is C19H19ClF3N3O4S. The van der Waals surface area contributed by atoms with Crippen LogP contribution in [-0.4, -0.2) is 48.5 Å². The van der Waals surface area contributed by atoms with Crippen LogP contribution in [-0.2, 0) is 14.3 Å². The first-order valence-electron chi connectivity index (χ1n) is 9.27. The Labute approximate surface area is 184 Å². The molecule has 3 rings (SSSR count). The summed E-state index contributed by atoms with van der Waals surface area (Å²) in [4.78, 5) is 28.3. The lowest BCUT2D eigenvalue weighted by Gasteiger charge is -2.34. The van der Waals surface area contributed by atoms with Crippen LogP contribution in [0, 0.1) is 0 Å². The standard InChI is InChI=1S/C19H19ClF3N3O4S/c1-10(25-16(27)9-29-12-7-13(8-12)30-19(21,22)23)4-5-24-17(28)18-26-14-6-11(20)2-3-15(14)31-18/h2-3,6,12-13H,1,4-5,7-9H2,(H,24,28)(H,25,27). The minimum Gasteiger partial charge on any atom is -0.368 e. The number of hydrogen-bond acceptors (Lipinski definition) is 6. The summed E-state index contributed by atoms with van der Waals surface area (Å²) in [5.74, 6) is -0.819. The molecule has 31 heavy (non-hydrogen) atoms. The summed E-state index contributed by atoms with van der Waals surface area (Å²) >= 11 is 7.15. The molecule has 1 heterocycles. The van der Waals surface area contributed by atoms with Crippen LogP contribution in [0.2, 0.25) is 5.02 Å². The van der Waals surface area contributed by atoms with E-state index in [9.17, 15) is 22.8 Å². The van der Waals surface area contributed by atoms with Gasteiger partial charge in [-0.1, -0.05) is 18.2 Å². The molecule has 1 aliphatic rings. The Morgan fingerprint density at radius 3 is 2.74 bits per heavy atom. The fourth-order valence-electron chi connectivity index (χ4n) is 2.83. The molecule has 7 nitrogen and oxygen atoms in total. The van der Waals surface area contributed by atoms with Gasteiger partial charge < -0.3 is 15.4 Å². The van der Waals surface area contributed by atoms with E-state index >= 15 is 0 Å². The largest absolute Gasteiger partial charge is 0.522 e. The van der Waals surface area contributed by atoms with E-state index < -0.39 is 24.5 Å². The van der Waals surface area contributed by atoms with Gasteiger partial charge in [0.2, 0.25) is 5.91 Å². The van der Waals surface area contributed by atoms with Crippen LogP contribution in [0.4, 0.5) is 13.2 Å². The van der Waals surface area contributed by atoms with Gasteiger partial charge >= 0.3 is 6.36 Å². The highest BCUT2D eigenvalue weighted by atomic mass is 35.5. The number of thiazole rings is 1. The predicted octanol–water partition coefficient (Wildman–Crippen LogP) is 3.78. The molecule has 0 aliphatic heterocycles. The van der Waals surface area contributed by atoms with Gasteiger partial charge in [-0.2, -0.15) is 0 Å². The molecule has 2 aromatic rings. The fourth-order valence-corrected chi connectivity index (χ4v) is 3.86. The van der Waals surface area contributed by atoms with Crippen molar-refractivity contribution in [2.24, 2.45) is 0 Å². The number of carbonyl (C=O) groups is 2. The number of carbonyl (C=O) groups excluding carboxylic acids is 2. The summed E-state index contributed by atoms with van der Waals surface area (Å²) in [6.07, 6.45) is -5.59. The summed E-state index contributed by atoms with van der Waals surface area (Å²) in [5, 5.41) is 6.06. The number of ether oxygens (including phenoxy) is 2. The van der Waals surface area contributed by atoms with Gasteiger partial charge in [0.05, 0.1) is 22.4 Å². The van der Waals surface area contributed by atoms with E-state index in [-0.39, 0.29) is 31.9 Å². The van der Waals surface area contributed by atoms with Crippen molar-refractivity contribution >= 4 is 45.0 Å². The molecule has 1 saturated carbocycles. The predicted molar refractivity (Wildman–Crippen MR) is 109 cm³/mol. The topological polar surface area (TPSA) is 89.6 Å². The van der Waals surface area contributed by atoms with Gasteiger partial charge in [-0.15, -0.1) is 24.5 Å². The van der Waals surface area contributed by atoms with Crippen molar-refractivity contribution in [2.75, 3.05) is 13.2 Å². The van der Waals surface area contributed by atoms with Crippen molar-refractivity contribution in [3.8, 4) is 0 Å². The number of nitrogens with zero attached hydrogens (tertiary/aromatic N) is 1. The molecule has 0 spiro atoms. The SMILES string of the molecule is C=C(CCNC(=O)c1nc2cc(Cl)ccc2s1)NC(=O)COC1CC(OC(F)(F)F)C1. The Morgan fingerprint density at radius 2 is 2.03 bits per heavy atom. The van der Waals surface area contributed by atoms with E-state index in [1.807, 2.05) is 0 Å². The highest BCUT2D eigenvalue weighted by molar-refractivity contribution is 7.20. The van der Waals surface area contributed by atoms with Crippen LogP contribution in [0.5, 0.6) is 0 Å². The first-order valence-corrected chi connectivity index (χ1v) is 10.5. The number of fused-ring (bicyclic) bond motifs is 1. The van der Waals surface area contributed by atoms with E-state index in [1.54, 1.807) is 18.2 Å². The van der Waals surface area contributed by atoms with Gasteiger partial charge in [0.25, 0.3) is 5.91 Å². The lowest BCUT2D eigenvalue weighted by molar-refractivity contribution is -0.357. The van der Waals surface area contributed by atoms with Crippen LogP contribution < -0.4 is 10.6 Å². The number of nitrogens with one attached hydrogen (secondary N) is 2. The zero-order valence-corrected chi connectivity index (χ0v) is 17.7. The first-order chi connectivity index (χ1) is 14.6. The molecular weight excluding hydrogens is 459 g/mol. The third-order valence-corrected chi connectivity index (χ3v) is 5.64. The Morgan fingerprint density at radius 1 is 1.29 bits per heavy atom. The Bertz CT molecular complexity index is 976. The van der Waals surface area contributed by atoms with Crippen molar-refractivity contribution in [3.05, 3.63) is 40.5 Å². The summed E-state index contributed by atoms with van der Waals surface area (Å²) in [7, 11) is 0. The number of rotatable bonds is 9. The van der Waals surface area contributed by atoms with E-state index in [1.165, 1.54) is 11.3 Å². The molecule has 0 atom stereocenters. The van der Waals surface area contributed by atoms with Crippen molar-refractivity contribution in [3.63, 3.8) is 0 Å². The van der Waals surface area contributed by atoms with Gasteiger partial charge in [-0.3, -0.25) is 14.3 Å². The highest BCUT2D eigenvalue weighted by Gasteiger charge is 2.40. The number of alkyl halides is 3. The third kappa shape index (κ3) is 7.17. The minimum atomic E-state index is -4.67. The third-order valence-electron chi connectivity index (χ3n) is 4.37. The Hall–Kier alpha value is -2.21. The monoisotopic (exact) mass is 477 g/mol. The van der Waals surface area contributed by atoms with Crippen LogP contribution in [0.3, 0.4) is 0 Å². The number of aromatic nitrogens is 1. The first kappa shape index (κ1) is 23.5. The highest BCUT2D eigenvalue weighted by Crippen LogP contribution is 2.32. The number of amides is 2. The van der Waals surface area contributed by atoms with Crippen molar-refractivity contribution in [1.82, 2.24) is 15.6 Å². The van der Waals surface area contributed by atoms with E-state index in [0.29, 0.717) is 27.7 Å². The molecule has 2 amide bonds. The van der Waals surface area contributed by atoms with Crippen molar-refractivity contribution in [2.45, 2.75) is 37.8 Å². The maximum Gasteiger partial charge on any atom is 0.522 e. The summed E-state index contributed by atoms with van der Waals surface area (Å²) in [5.41, 5.74) is 1.01. The zero-order chi connectivity index (χ0) is 22.6. The average Bonchev–Trinajstić information content (AvgIpc) is 3.05. The van der Waals surface area contributed by atoms with Gasteiger partial charge in [-0.05, 0) is 18.2 Å². The van der Waals surface area contributed by atoms with Crippen molar-refractivity contribution in [1.29, 1.82) is 0 Å². The summed E-state index contributed by atoms with van der Waals surface area (Å²) in [6, 6.07) is 5.19. The van der Waals surface area contributed by atoms with Crippen molar-refractivity contribution < 1.29 is 32.2 Å². The molecule has 0 bridgehead atoms. The number of halogens is 4. The second-order valence-electron chi connectivity index (χ2n) is 6.88. The van der Waals surface area contributed by atoms with E-state index in [2.05, 4.69) is 26.9 Å². The molecule has 0 radical (unpaired) electrons. The molecule has 1 aliphatic carbocycles. The normalized spacial score (nSPS) is 18.5. The Balaban J connectivity index is 1.31. The quantitative estimate of drug-likeness (QED) is 0.573.